The summed E-state index contributed by atoms with van der Waals surface area (Å²) in [6, 6.07) is 16.6. The van der Waals surface area contributed by atoms with Crippen molar-refractivity contribution in [3.8, 4) is 6.07 Å². The summed E-state index contributed by atoms with van der Waals surface area (Å²) < 4.78 is 0.650. The number of halogens is 1. The van der Waals surface area contributed by atoms with Gasteiger partial charge in [-0.15, -0.1) is 0 Å². The SMILES string of the molecule is CC(NC(=O)/C(C#N)=C\c1cccc(Br)n1)c1ccccc1. The third-order valence-electron chi connectivity index (χ3n) is 3.04. The highest BCUT2D eigenvalue weighted by atomic mass is 79.9. The van der Waals surface area contributed by atoms with Crippen molar-refractivity contribution >= 4 is 27.9 Å². The Morgan fingerprint density at radius 2 is 2.00 bits per heavy atom. The fraction of sp³-hybridized carbons (Fsp3) is 0.118. The van der Waals surface area contributed by atoms with Gasteiger partial charge in [-0.1, -0.05) is 36.4 Å². The molecule has 2 aromatic rings. The van der Waals surface area contributed by atoms with Crippen LogP contribution in [0.15, 0.2) is 58.7 Å². The van der Waals surface area contributed by atoms with Crippen molar-refractivity contribution in [1.82, 2.24) is 10.3 Å². The number of rotatable bonds is 4. The molecule has 1 N–H and O–H groups in total. The number of nitrogens with one attached hydrogen (secondary N) is 1. The van der Waals surface area contributed by atoms with Crippen molar-refractivity contribution in [1.29, 1.82) is 5.26 Å². The highest BCUT2D eigenvalue weighted by molar-refractivity contribution is 9.10. The minimum absolute atomic E-state index is 0.0216. The van der Waals surface area contributed by atoms with Gasteiger partial charge in [0.1, 0.15) is 16.2 Å². The predicted molar refractivity (Wildman–Crippen MR) is 88.5 cm³/mol. The lowest BCUT2D eigenvalue weighted by Gasteiger charge is -2.13. The number of nitrogens with zero attached hydrogens (tertiary/aromatic N) is 2. The van der Waals surface area contributed by atoms with Gasteiger partial charge in [0.25, 0.3) is 5.91 Å². The van der Waals surface area contributed by atoms with Gasteiger partial charge in [-0.25, -0.2) is 4.98 Å². The molecule has 4 nitrogen and oxygen atoms in total. The number of nitriles is 1. The summed E-state index contributed by atoms with van der Waals surface area (Å²) >= 11 is 3.26. The van der Waals surface area contributed by atoms with Crippen LogP contribution in [0.1, 0.15) is 24.2 Å². The molecule has 110 valence electrons. The van der Waals surface area contributed by atoms with Gasteiger partial charge in [0.05, 0.1) is 11.7 Å². The largest absolute Gasteiger partial charge is 0.345 e. The average Bonchev–Trinajstić information content (AvgIpc) is 2.53. The Morgan fingerprint density at radius 3 is 2.64 bits per heavy atom. The number of benzene rings is 1. The summed E-state index contributed by atoms with van der Waals surface area (Å²) in [5.41, 5.74) is 1.55. The summed E-state index contributed by atoms with van der Waals surface area (Å²) in [7, 11) is 0. The number of hydrogen-bond donors (Lipinski definition) is 1. The van der Waals surface area contributed by atoms with E-state index in [2.05, 4.69) is 26.2 Å². The maximum absolute atomic E-state index is 12.2. The molecule has 1 unspecified atom stereocenters. The van der Waals surface area contributed by atoms with E-state index in [9.17, 15) is 10.1 Å². The van der Waals surface area contributed by atoms with Gasteiger partial charge in [0.15, 0.2) is 0 Å². The van der Waals surface area contributed by atoms with E-state index in [1.807, 2.05) is 43.3 Å². The normalized spacial score (nSPS) is 12.3. The fourth-order valence-corrected chi connectivity index (χ4v) is 2.26. The highest BCUT2D eigenvalue weighted by Crippen LogP contribution is 2.13. The molecule has 0 aliphatic carbocycles. The number of hydrogen-bond acceptors (Lipinski definition) is 3. The van der Waals surface area contributed by atoms with Crippen molar-refractivity contribution in [3.63, 3.8) is 0 Å². The average molecular weight is 356 g/mol. The molecule has 1 atom stereocenters. The third kappa shape index (κ3) is 4.27. The van der Waals surface area contributed by atoms with Crippen LogP contribution in [-0.2, 0) is 4.79 Å². The number of amides is 1. The first kappa shape index (κ1) is 15.9. The molecule has 0 bridgehead atoms. The van der Waals surface area contributed by atoms with E-state index in [1.54, 1.807) is 18.2 Å². The van der Waals surface area contributed by atoms with Gasteiger partial charge >= 0.3 is 0 Å². The van der Waals surface area contributed by atoms with Gasteiger partial charge in [-0.3, -0.25) is 4.79 Å². The van der Waals surface area contributed by atoms with Gasteiger partial charge in [-0.2, -0.15) is 5.26 Å². The topological polar surface area (TPSA) is 65.8 Å². The second kappa shape index (κ2) is 7.53. The van der Waals surface area contributed by atoms with E-state index in [0.29, 0.717) is 10.3 Å². The maximum Gasteiger partial charge on any atom is 0.262 e. The van der Waals surface area contributed by atoms with Gasteiger partial charge in [0, 0.05) is 0 Å². The third-order valence-corrected chi connectivity index (χ3v) is 3.48. The highest BCUT2D eigenvalue weighted by Gasteiger charge is 2.13. The minimum Gasteiger partial charge on any atom is -0.345 e. The lowest BCUT2D eigenvalue weighted by Crippen LogP contribution is -2.27. The van der Waals surface area contributed by atoms with E-state index in [1.165, 1.54) is 6.08 Å². The van der Waals surface area contributed by atoms with Crippen LogP contribution in [0.25, 0.3) is 6.08 Å². The van der Waals surface area contributed by atoms with Crippen LogP contribution >= 0.6 is 15.9 Å². The van der Waals surface area contributed by atoms with Crippen molar-refractivity contribution < 1.29 is 4.79 Å². The molecular weight excluding hydrogens is 342 g/mol. The van der Waals surface area contributed by atoms with Crippen LogP contribution in [0.5, 0.6) is 0 Å². The molecule has 2 rings (SSSR count). The Morgan fingerprint density at radius 1 is 1.27 bits per heavy atom. The van der Waals surface area contributed by atoms with E-state index >= 15 is 0 Å². The van der Waals surface area contributed by atoms with Crippen LogP contribution in [0.3, 0.4) is 0 Å². The van der Waals surface area contributed by atoms with Gasteiger partial charge in [-0.05, 0) is 46.6 Å². The molecule has 1 heterocycles. The molecule has 1 amide bonds. The van der Waals surface area contributed by atoms with E-state index in [4.69, 9.17) is 0 Å². The smallest absolute Gasteiger partial charge is 0.262 e. The lowest BCUT2D eigenvalue weighted by atomic mass is 10.1. The summed E-state index contributed by atoms with van der Waals surface area (Å²) in [6.45, 7) is 1.87. The van der Waals surface area contributed by atoms with Crippen molar-refractivity contribution in [3.05, 3.63) is 70.0 Å². The summed E-state index contributed by atoms with van der Waals surface area (Å²) in [5, 5.41) is 12.0. The zero-order valence-corrected chi connectivity index (χ0v) is 13.5. The number of pyridine rings is 1. The molecule has 0 spiro atoms. The lowest BCUT2D eigenvalue weighted by molar-refractivity contribution is -0.117. The summed E-state index contributed by atoms with van der Waals surface area (Å²) in [6.07, 6.45) is 1.47. The Kier molecular flexibility index (Phi) is 5.45. The van der Waals surface area contributed by atoms with Crippen LogP contribution in [0.4, 0.5) is 0 Å². The van der Waals surface area contributed by atoms with E-state index in [0.717, 1.165) is 5.56 Å². The fourth-order valence-electron chi connectivity index (χ4n) is 1.90. The molecule has 1 aromatic carbocycles. The van der Waals surface area contributed by atoms with E-state index < -0.39 is 5.91 Å². The molecule has 0 radical (unpaired) electrons. The molecule has 0 fully saturated rings. The Labute approximate surface area is 137 Å². The zero-order chi connectivity index (χ0) is 15.9. The summed E-state index contributed by atoms with van der Waals surface area (Å²) in [5.74, 6) is -0.416. The Balaban J connectivity index is 2.14. The molecule has 0 aliphatic heterocycles. The van der Waals surface area contributed by atoms with Crippen LogP contribution in [0, 0.1) is 11.3 Å². The first-order valence-electron chi connectivity index (χ1n) is 6.70. The maximum atomic E-state index is 12.2. The minimum atomic E-state index is -0.416. The molecule has 22 heavy (non-hydrogen) atoms. The van der Waals surface area contributed by atoms with Crippen LogP contribution in [-0.4, -0.2) is 10.9 Å². The quantitative estimate of drug-likeness (QED) is 0.517. The number of carbonyl (C=O) groups is 1. The second-order valence-corrected chi connectivity index (χ2v) is 5.47. The molecule has 0 saturated heterocycles. The molecule has 1 aromatic heterocycles. The van der Waals surface area contributed by atoms with Crippen molar-refractivity contribution in [2.45, 2.75) is 13.0 Å². The molecule has 0 aliphatic rings. The Hall–Kier alpha value is -2.45. The van der Waals surface area contributed by atoms with E-state index in [-0.39, 0.29) is 11.6 Å². The first-order chi connectivity index (χ1) is 10.6. The van der Waals surface area contributed by atoms with Crippen LogP contribution < -0.4 is 5.32 Å². The van der Waals surface area contributed by atoms with Gasteiger partial charge in [0.2, 0.25) is 0 Å². The van der Waals surface area contributed by atoms with Crippen molar-refractivity contribution in [2.24, 2.45) is 0 Å². The van der Waals surface area contributed by atoms with Crippen molar-refractivity contribution in [2.75, 3.05) is 0 Å². The number of carbonyl (C=O) groups excluding carboxylic acids is 1. The van der Waals surface area contributed by atoms with Crippen LogP contribution in [0.2, 0.25) is 0 Å². The molecule has 0 saturated carbocycles. The zero-order valence-electron chi connectivity index (χ0n) is 12.0. The Bertz CT molecular complexity index is 735. The molecular formula is C17H14BrN3O. The number of aromatic nitrogens is 1. The first-order valence-corrected chi connectivity index (χ1v) is 7.49. The monoisotopic (exact) mass is 355 g/mol. The molecule has 5 heteroatoms. The predicted octanol–water partition coefficient (Wildman–Crippen LogP) is 3.63. The van der Waals surface area contributed by atoms with Gasteiger partial charge < -0.3 is 5.32 Å². The summed E-state index contributed by atoms with van der Waals surface area (Å²) in [4.78, 5) is 16.4. The standard InChI is InChI=1S/C17H14BrN3O/c1-12(13-6-3-2-4-7-13)20-17(22)14(11-19)10-15-8-5-9-16(18)21-15/h2-10,12H,1H3,(H,20,22)/b14-10-. The second-order valence-electron chi connectivity index (χ2n) is 4.66.